The molecule has 0 aliphatic rings. The second-order valence-electron chi connectivity index (χ2n) is 6.28. The molecule has 0 spiro atoms. The number of fused-ring (bicyclic) bond motifs is 1. The van der Waals surface area contributed by atoms with E-state index in [9.17, 15) is 19.7 Å². The van der Waals surface area contributed by atoms with Gasteiger partial charge in [0.25, 0.3) is 11.6 Å². The van der Waals surface area contributed by atoms with Crippen molar-refractivity contribution in [3.63, 3.8) is 0 Å². The number of nitrogens with zero attached hydrogens (tertiary/aromatic N) is 3. The number of carbonyl (C=O) groups is 2. The summed E-state index contributed by atoms with van der Waals surface area (Å²) in [7, 11) is 0. The molecule has 3 rings (SSSR count). The van der Waals surface area contributed by atoms with E-state index in [1.54, 1.807) is 24.3 Å². The van der Waals surface area contributed by atoms with Gasteiger partial charge in [-0.1, -0.05) is 29.5 Å². The maximum Gasteiger partial charge on any atom is 0.272 e. The number of aromatic nitrogens is 1. The molecule has 2 aromatic carbocycles. The maximum absolute atomic E-state index is 12.4. The molecule has 1 aromatic heterocycles. The number of amides is 2. The molecule has 1 N–H and O–H groups in total. The summed E-state index contributed by atoms with van der Waals surface area (Å²) in [5, 5.41) is 13.6. The molecular formula is C21H18N4O4S. The zero-order chi connectivity index (χ0) is 21.7. The number of nitro benzene ring substituents is 1. The predicted octanol–water partition coefficient (Wildman–Crippen LogP) is 3.90. The first-order valence-electron chi connectivity index (χ1n) is 8.90. The molecule has 152 valence electrons. The monoisotopic (exact) mass is 422 g/mol. The van der Waals surface area contributed by atoms with Crippen LogP contribution in [0.15, 0.2) is 66.2 Å². The van der Waals surface area contributed by atoms with E-state index in [0.29, 0.717) is 22.6 Å². The lowest BCUT2D eigenvalue weighted by atomic mass is 10.2. The normalized spacial score (nSPS) is 11.7. The third-order valence-electron chi connectivity index (χ3n) is 4.02. The topological polar surface area (TPSA) is 107 Å². The highest BCUT2D eigenvalue weighted by Crippen LogP contribution is 2.22. The first-order chi connectivity index (χ1) is 14.4. The molecule has 0 unspecified atom stereocenters. The molecule has 0 fully saturated rings. The van der Waals surface area contributed by atoms with Gasteiger partial charge >= 0.3 is 0 Å². The largest absolute Gasteiger partial charge is 0.326 e. The third kappa shape index (κ3) is 4.95. The molecular weight excluding hydrogens is 404 g/mol. The van der Waals surface area contributed by atoms with E-state index in [1.807, 2.05) is 16.7 Å². The van der Waals surface area contributed by atoms with Crippen LogP contribution in [-0.2, 0) is 16.1 Å². The molecule has 0 aliphatic heterocycles. The highest BCUT2D eigenvalue weighted by atomic mass is 32.1. The number of non-ortho nitro benzene ring substituents is 1. The fourth-order valence-electron chi connectivity index (χ4n) is 2.79. The van der Waals surface area contributed by atoms with Gasteiger partial charge in [0, 0.05) is 37.4 Å². The van der Waals surface area contributed by atoms with Crippen molar-refractivity contribution in [1.29, 1.82) is 0 Å². The summed E-state index contributed by atoms with van der Waals surface area (Å²) in [6.07, 6.45) is 4.46. The summed E-state index contributed by atoms with van der Waals surface area (Å²) in [6.45, 7) is 5.64. The van der Waals surface area contributed by atoms with E-state index in [0.717, 1.165) is 10.2 Å². The lowest BCUT2D eigenvalue weighted by Crippen LogP contribution is -2.15. The van der Waals surface area contributed by atoms with Gasteiger partial charge in [0.1, 0.15) is 0 Å². The Bertz CT molecular complexity index is 1250. The van der Waals surface area contributed by atoms with Gasteiger partial charge in [0.2, 0.25) is 5.91 Å². The van der Waals surface area contributed by atoms with Gasteiger partial charge in [-0.25, -0.2) is 0 Å². The minimum absolute atomic E-state index is 0.0511. The van der Waals surface area contributed by atoms with Crippen LogP contribution in [0.1, 0.15) is 12.5 Å². The van der Waals surface area contributed by atoms with E-state index in [4.69, 9.17) is 0 Å². The summed E-state index contributed by atoms with van der Waals surface area (Å²) in [5.74, 6) is -0.663. The van der Waals surface area contributed by atoms with Gasteiger partial charge in [-0.15, -0.1) is 6.58 Å². The number of nitro groups is 1. The third-order valence-corrected chi connectivity index (χ3v) is 5.06. The zero-order valence-corrected chi connectivity index (χ0v) is 16.9. The van der Waals surface area contributed by atoms with Crippen LogP contribution in [0, 0.1) is 10.1 Å². The van der Waals surface area contributed by atoms with Crippen LogP contribution in [-0.4, -0.2) is 21.3 Å². The zero-order valence-electron chi connectivity index (χ0n) is 16.1. The molecule has 0 saturated heterocycles. The lowest BCUT2D eigenvalue weighted by molar-refractivity contribution is -0.384. The molecule has 3 aromatic rings. The van der Waals surface area contributed by atoms with Crippen molar-refractivity contribution in [3.05, 3.63) is 81.7 Å². The second-order valence-corrected chi connectivity index (χ2v) is 7.29. The van der Waals surface area contributed by atoms with E-state index in [2.05, 4.69) is 16.9 Å². The SMILES string of the molecule is C=CCn1c(=NC(=O)C=Cc2cccc([N+](=O)[O-])c2)sc2cc(NC(C)=O)ccc21. The van der Waals surface area contributed by atoms with E-state index in [1.165, 1.54) is 42.5 Å². The highest BCUT2D eigenvalue weighted by Gasteiger charge is 2.08. The summed E-state index contributed by atoms with van der Waals surface area (Å²) in [6, 6.07) is 11.4. The van der Waals surface area contributed by atoms with Crippen molar-refractivity contribution in [3.8, 4) is 0 Å². The number of nitrogens with one attached hydrogen (secondary N) is 1. The van der Waals surface area contributed by atoms with Crippen LogP contribution < -0.4 is 10.1 Å². The number of hydrogen-bond donors (Lipinski definition) is 1. The molecule has 0 saturated carbocycles. The average Bonchev–Trinajstić information content (AvgIpc) is 3.02. The van der Waals surface area contributed by atoms with Gasteiger partial charge in [-0.3, -0.25) is 19.7 Å². The molecule has 8 nitrogen and oxygen atoms in total. The Morgan fingerprint density at radius 3 is 2.80 bits per heavy atom. The minimum atomic E-state index is -0.493. The van der Waals surface area contributed by atoms with Crippen molar-refractivity contribution < 1.29 is 14.5 Å². The van der Waals surface area contributed by atoms with Crippen LogP contribution in [0.25, 0.3) is 16.3 Å². The number of benzene rings is 2. The van der Waals surface area contributed by atoms with E-state index >= 15 is 0 Å². The minimum Gasteiger partial charge on any atom is -0.326 e. The Balaban J connectivity index is 1.95. The molecule has 2 amide bonds. The Kier molecular flexibility index (Phi) is 6.33. The number of thiazole rings is 1. The quantitative estimate of drug-likeness (QED) is 0.281. The maximum atomic E-state index is 12.4. The molecule has 0 radical (unpaired) electrons. The summed E-state index contributed by atoms with van der Waals surface area (Å²) in [5.41, 5.74) is 2.00. The van der Waals surface area contributed by atoms with Crippen LogP contribution in [0.2, 0.25) is 0 Å². The van der Waals surface area contributed by atoms with Crippen LogP contribution in [0.3, 0.4) is 0 Å². The highest BCUT2D eigenvalue weighted by molar-refractivity contribution is 7.16. The Labute approximate surface area is 175 Å². The Morgan fingerprint density at radius 2 is 2.10 bits per heavy atom. The van der Waals surface area contributed by atoms with Crippen LogP contribution in [0.4, 0.5) is 11.4 Å². The van der Waals surface area contributed by atoms with Gasteiger partial charge in [0.05, 0.1) is 15.1 Å². The first kappa shape index (κ1) is 20.9. The predicted molar refractivity (Wildman–Crippen MR) is 117 cm³/mol. The van der Waals surface area contributed by atoms with E-state index < -0.39 is 10.8 Å². The van der Waals surface area contributed by atoms with Crippen molar-refractivity contribution in [2.45, 2.75) is 13.5 Å². The fourth-order valence-corrected chi connectivity index (χ4v) is 3.87. The molecule has 9 heteroatoms. The number of rotatable bonds is 6. The lowest BCUT2D eigenvalue weighted by Gasteiger charge is -2.03. The van der Waals surface area contributed by atoms with Gasteiger partial charge < -0.3 is 9.88 Å². The molecule has 1 heterocycles. The second kappa shape index (κ2) is 9.10. The fraction of sp³-hybridized carbons (Fsp3) is 0.0952. The van der Waals surface area contributed by atoms with Gasteiger partial charge in [-0.2, -0.15) is 4.99 Å². The summed E-state index contributed by atoms with van der Waals surface area (Å²) in [4.78, 5) is 38.7. The molecule has 0 atom stereocenters. The molecule has 0 bridgehead atoms. The Morgan fingerprint density at radius 1 is 1.30 bits per heavy atom. The van der Waals surface area contributed by atoms with Gasteiger partial charge in [0.15, 0.2) is 4.80 Å². The standard InChI is InChI=1S/C21H18N4O4S/c1-3-11-24-18-9-8-16(22-14(2)26)13-19(18)30-21(24)23-20(27)10-7-15-5-4-6-17(12-15)25(28)29/h3-10,12-13H,1,11H2,2H3,(H,22,26). The Hall–Kier alpha value is -3.85. The van der Waals surface area contributed by atoms with Crippen molar-refractivity contribution in [2.75, 3.05) is 5.32 Å². The smallest absolute Gasteiger partial charge is 0.272 e. The van der Waals surface area contributed by atoms with E-state index in [-0.39, 0.29) is 11.6 Å². The van der Waals surface area contributed by atoms with Crippen molar-refractivity contribution in [1.82, 2.24) is 4.57 Å². The summed E-state index contributed by atoms with van der Waals surface area (Å²) >= 11 is 1.31. The van der Waals surface area contributed by atoms with Crippen molar-refractivity contribution >= 4 is 50.8 Å². The number of anilines is 1. The number of hydrogen-bond acceptors (Lipinski definition) is 5. The number of carbonyl (C=O) groups excluding carboxylic acids is 2. The first-order valence-corrected chi connectivity index (χ1v) is 9.72. The van der Waals surface area contributed by atoms with Crippen LogP contribution >= 0.6 is 11.3 Å². The molecule has 30 heavy (non-hydrogen) atoms. The molecule has 0 aliphatic carbocycles. The average molecular weight is 422 g/mol. The van der Waals surface area contributed by atoms with Gasteiger partial charge in [-0.05, 0) is 29.8 Å². The summed E-state index contributed by atoms with van der Waals surface area (Å²) < 4.78 is 2.71. The van der Waals surface area contributed by atoms with Crippen LogP contribution in [0.5, 0.6) is 0 Å². The number of allylic oxidation sites excluding steroid dienone is 1. The van der Waals surface area contributed by atoms with Crippen molar-refractivity contribution in [2.24, 2.45) is 4.99 Å².